The molecule has 1 aromatic carbocycles. The predicted octanol–water partition coefficient (Wildman–Crippen LogP) is 4.60. The lowest BCUT2D eigenvalue weighted by atomic mass is 9.96. The van der Waals surface area contributed by atoms with E-state index in [1.165, 1.54) is 5.56 Å². The van der Waals surface area contributed by atoms with Gasteiger partial charge in [0.15, 0.2) is 0 Å². The zero-order valence-electron chi connectivity index (χ0n) is 20.9. The van der Waals surface area contributed by atoms with Crippen LogP contribution in [0.2, 0.25) is 0 Å². The van der Waals surface area contributed by atoms with Crippen molar-refractivity contribution in [3.8, 4) is 5.75 Å². The molecule has 1 aliphatic heterocycles. The van der Waals surface area contributed by atoms with Crippen LogP contribution in [0.25, 0.3) is 5.65 Å². The number of hydrogen-bond donors (Lipinski definition) is 1. The molecule has 0 spiro atoms. The van der Waals surface area contributed by atoms with E-state index in [1.807, 2.05) is 73.7 Å². The summed E-state index contributed by atoms with van der Waals surface area (Å²) in [5, 5.41) is 2.84. The first-order valence-electron chi connectivity index (χ1n) is 12.1. The van der Waals surface area contributed by atoms with Crippen LogP contribution in [0.5, 0.6) is 5.75 Å². The smallest absolute Gasteiger partial charge is 0.407 e. The number of carbonyl (C=O) groups is 2. The van der Waals surface area contributed by atoms with Gasteiger partial charge in [-0.1, -0.05) is 6.07 Å². The lowest BCUT2D eigenvalue weighted by Gasteiger charge is -2.32. The van der Waals surface area contributed by atoms with E-state index in [0.29, 0.717) is 43.5 Å². The van der Waals surface area contributed by atoms with Gasteiger partial charge < -0.3 is 24.1 Å². The van der Waals surface area contributed by atoms with E-state index in [2.05, 4.69) is 10.3 Å². The number of benzene rings is 1. The molecule has 35 heavy (non-hydrogen) atoms. The molecule has 2 aromatic heterocycles. The van der Waals surface area contributed by atoms with Crippen LogP contribution in [0.1, 0.15) is 55.2 Å². The summed E-state index contributed by atoms with van der Waals surface area (Å²) in [7, 11) is 0. The van der Waals surface area contributed by atoms with Crippen molar-refractivity contribution >= 4 is 17.6 Å². The van der Waals surface area contributed by atoms with E-state index in [4.69, 9.17) is 9.47 Å². The fourth-order valence-electron chi connectivity index (χ4n) is 4.14. The Bertz CT molecular complexity index is 1170. The molecule has 3 heterocycles. The van der Waals surface area contributed by atoms with Crippen LogP contribution in [0.4, 0.5) is 4.79 Å². The fraction of sp³-hybridized carbons (Fsp3) is 0.444. The van der Waals surface area contributed by atoms with E-state index in [1.54, 1.807) is 12.1 Å². The SMILES string of the molecule is Cc1ccc2nc(COc3ccc(C(=O)N4CCC(CNC(=O)OC(C)(C)C)CC4)cc3)cn2c1. The maximum Gasteiger partial charge on any atom is 0.407 e. The van der Waals surface area contributed by atoms with E-state index in [-0.39, 0.29) is 5.91 Å². The number of aryl methyl sites for hydroxylation is 1. The van der Waals surface area contributed by atoms with Crippen LogP contribution < -0.4 is 10.1 Å². The van der Waals surface area contributed by atoms with E-state index in [0.717, 1.165) is 24.2 Å². The Balaban J connectivity index is 1.23. The molecule has 0 atom stereocenters. The highest BCUT2D eigenvalue weighted by Crippen LogP contribution is 2.21. The number of fused-ring (bicyclic) bond motifs is 1. The van der Waals surface area contributed by atoms with Crippen LogP contribution in [0.15, 0.2) is 48.8 Å². The number of ether oxygens (including phenoxy) is 2. The number of piperidine rings is 1. The molecule has 0 bridgehead atoms. The normalized spacial score (nSPS) is 14.7. The maximum absolute atomic E-state index is 12.9. The third-order valence-electron chi connectivity index (χ3n) is 5.97. The van der Waals surface area contributed by atoms with Gasteiger partial charge in [-0.15, -0.1) is 0 Å². The van der Waals surface area contributed by atoms with E-state index >= 15 is 0 Å². The Morgan fingerprint density at radius 2 is 1.77 bits per heavy atom. The number of carbonyl (C=O) groups excluding carboxylic acids is 2. The van der Waals surface area contributed by atoms with Crippen LogP contribution in [0.3, 0.4) is 0 Å². The van der Waals surface area contributed by atoms with Gasteiger partial charge in [-0.05, 0) is 82.3 Å². The molecule has 4 rings (SSSR count). The first-order chi connectivity index (χ1) is 16.7. The standard InChI is InChI=1S/C27H34N4O4/c1-19-5-10-24-29-22(17-31(24)16-19)18-34-23-8-6-21(7-9-23)25(32)30-13-11-20(12-14-30)15-28-26(33)35-27(2,3)4/h5-10,16-17,20H,11-15,18H2,1-4H3,(H,28,33). The molecule has 3 aromatic rings. The van der Waals surface area contributed by atoms with Crippen molar-refractivity contribution in [1.29, 1.82) is 0 Å². The molecule has 0 saturated carbocycles. The number of aromatic nitrogens is 2. The van der Waals surface area contributed by atoms with Crippen molar-refractivity contribution in [1.82, 2.24) is 19.6 Å². The summed E-state index contributed by atoms with van der Waals surface area (Å²) < 4.78 is 13.2. The Morgan fingerprint density at radius 3 is 2.46 bits per heavy atom. The molecule has 1 fully saturated rings. The Morgan fingerprint density at radius 1 is 1.06 bits per heavy atom. The quantitative estimate of drug-likeness (QED) is 0.560. The van der Waals surface area contributed by atoms with Gasteiger partial charge >= 0.3 is 6.09 Å². The maximum atomic E-state index is 12.9. The second kappa shape index (κ2) is 10.4. The van der Waals surface area contributed by atoms with E-state index < -0.39 is 11.7 Å². The minimum Gasteiger partial charge on any atom is -0.487 e. The molecule has 0 aliphatic carbocycles. The van der Waals surface area contributed by atoms with Gasteiger partial charge in [-0.2, -0.15) is 0 Å². The Hall–Kier alpha value is -3.55. The van der Waals surface area contributed by atoms with Gasteiger partial charge in [0, 0.05) is 37.6 Å². The summed E-state index contributed by atoms with van der Waals surface area (Å²) in [6, 6.07) is 11.3. The molecule has 1 N–H and O–H groups in total. The molecule has 0 radical (unpaired) electrons. The minimum absolute atomic E-state index is 0.0193. The third kappa shape index (κ3) is 6.74. The molecule has 8 nitrogen and oxygen atoms in total. The topological polar surface area (TPSA) is 85.2 Å². The fourth-order valence-corrected chi connectivity index (χ4v) is 4.14. The number of likely N-dealkylation sites (tertiary alicyclic amines) is 1. The highest BCUT2D eigenvalue weighted by atomic mass is 16.6. The third-order valence-corrected chi connectivity index (χ3v) is 5.97. The monoisotopic (exact) mass is 478 g/mol. The van der Waals surface area contributed by atoms with Crippen LogP contribution in [-0.4, -0.2) is 51.5 Å². The highest BCUT2D eigenvalue weighted by Gasteiger charge is 2.25. The Labute approximate surface area is 206 Å². The van der Waals surface area contributed by atoms with Gasteiger partial charge in [0.2, 0.25) is 0 Å². The summed E-state index contributed by atoms with van der Waals surface area (Å²) >= 11 is 0. The summed E-state index contributed by atoms with van der Waals surface area (Å²) in [6.07, 6.45) is 5.30. The molecular weight excluding hydrogens is 444 g/mol. The lowest BCUT2D eigenvalue weighted by molar-refractivity contribution is 0.0500. The zero-order chi connectivity index (χ0) is 25.0. The number of nitrogens with zero attached hydrogens (tertiary/aromatic N) is 3. The van der Waals surface area contributed by atoms with Crippen LogP contribution >= 0.6 is 0 Å². The van der Waals surface area contributed by atoms with Gasteiger partial charge in [0.05, 0.1) is 5.69 Å². The highest BCUT2D eigenvalue weighted by molar-refractivity contribution is 5.94. The van der Waals surface area contributed by atoms with Crippen molar-refractivity contribution in [2.24, 2.45) is 5.92 Å². The summed E-state index contributed by atoms with van der Waals surface area (Å²) in [4.78, 5) is 31.2. The molecule has 1 saturated heterocycles. The van der Waals surface area contributed by atoms with Crippen molar-refractivity contribution in [2.45, 2.75) is 52.7 Å². The summed E-state index contributed by atoms with van der Waals surface area (Å²) in [5.74, 6) is 1.05. The number of amides is 2. The molecular formula is C27H34N4O4. The Kier molecular flexibility index (Phi) is 7.28. The summed E-state index contributed by atoms with van der Waals surface area (Å²) in [5.41, 5.74) is 3.04. The van der Waals surface area contributed by atoms with Crippen molar-refractivity contribution in [2.75, 3.05) is 19.6 Å². The van der Waals surface area contributed by atoms with E-state index in [9.17, 15) is 9.59 Å². The lowest BCUT2D eigenvalue weighted by Crippen LogP contribution is -2.42. The predicted molar refractivity (Wildman–Crippen MR) is 134 cm³/mol. The zero-order valence-corrected chi connectivity index (χ0v) is 20.9. The van der Waals surface area contributed by atoms with Crippen LogP contribution in [0, 0.1) is 12.8 Å². The first kappa shape index (κ1) is 24.6. The van der Waals surface area contributed by atoms with Gasteiger partial charge in [-0.3, -0.25) is 4.79 Å². The van der Waals surface area contributed by atoms with Crippen molar-refractivity contribution in [3.05, 3.63) is 65.6 Å². The largest absolute Gasteiger partial charge is 0.487 e. The molecule has 186 valence electrons. The number of nitrogens with one attached hydrogen (secondary N) is 1. The number of rotatable bonds is 6. The van der Waals surface area contributed by atoms with Gasteiger partial charge in [-0.25, -0.2) is 9.78 Å². The number of hydrogen-bond acceptors (Lipinski definition) is 5. The number of alkyl carbamates (subject to hydrolysis) is 1. The first-order valence-corrected chi connectivity index (χ1v) is 12.1. The molecule has 1 aliphatic rings. The average molecular weight is 479 g/mol. The van der Waals surface area contributed by atoms with Crippen molar-refractivity contribution in [3.63, 3.8) is 0 Å². The summed E-state index contributed by atoms with van der Waals surface area (Å²) in [6.45, 7) is 9.85. The number of imidazole rings is 1. The van der Waals surface area contributed by atoms with Crippen LogP contribution in [-0.2, 0) is 11.3 Å². The molecule has 8 heteroatoms. The average Bonchev–Trinajstić information content (AvgIpc) is 3.22. The van der Waals surface area contributed by atoms with Gasteiger partial charge in [0.25, 0.3) is 5.91 Å². The minimum atomic E-state index is -0.506. The number of pyridine rings is 1. The molecule has 2 amide bonds. The van der Waals surface area contributed by atoms with Gasteiger partial charge in [0.1, 0.15) is 23.6 Å². The van der Waals surface area contributed by atoms with Crippen molar-refractivity contribution < 1.29 is 19.1 Å². The molecule has 0 unspecified atom stereocenters. The second-order valence-electron chi connectivity index (χ2n) is 10.1. The second-order valence-corrected chi connectivity index (χ2v) is 10.1.